The van der Waals surface area contributed by atoms with Crippen molar-refractivity contribution in [3.63, 3.8) is 0 Å². The monoisotopic (exact) mass is 375 g/mol. The summed E-state index contributed by atoms with van der Waals surface area (Å²) in [6.07, 6.45) is -0.265. The Labute approximate surface area is 153 Å². The molecule has 2 aromatic rings. The first-order valence-electron chi connectivity index (χ1n) is 8.37. The van der Waals surface area contributed by atoms with Gasteiger partial charge in [0.05, 0.1) is 17.2 Å². The van der Waals surface area contributed by atoms with Crippen LogP contribution in [-0.2, 0) is 9.84 Å². The lowest BCUT2D eigenvalue weighted by Crippen LogP contribution is -2.41. The van der Waals surface area contributed by atoms with Crippen LogP contribution in [0.3, 0.4) is 0 Å². The number of carbonyl (C=O) groups is 1. The molecule has 0 N–H and O–H groups in total. The maximum atomic E-state index is 12.6. The number of amides is 1. The van der Waals surface area contributed by atoms with E-state index in [2.05, 4.69) is 0 Å². The van der Waals surface area contributed by atoms with E-state index in [4.69, 9.17) is 9.47 Å². The summed E-state index contributed by atoms with van der Waals surface area (Å²) >= 11 is 0. The van der Waals surface area contributed by atoms with E-state index >= 15 is 0 Å². The molecule has 7 heteroatoms. The number of ether oxygens (including phenoxy) is 2. The Kier molecular flexibility index (Phi) is 5.18. The number of likely N-dealkylation sites (N-methyl/N-ethyl adjacent to an activating group) is 1. The molecule has 0 aromatic heterocycles. The zero-order valence-electron chi connectivity index (χ0n) is 14.7. The van der Waals surface area contributed by atoms with Crippen LogP contribution in [0.4, 0.5) is 0 Å². The maximum absolute atomic E-state index is 12.6. The fraction of sp³-hybridized carbons (Fsp3) is 0.316. The van der Waals surface area contributed by atoms with E-state index in [0.717, 1.165) is 0 Å². The first-order chi connectivity index (χ1) is 12.4. The number of sulfone groups is 1. The fourth-order valence-corrected chi connectivity index (χ4v) is 3.62. The third kappa shape index (κ3) is 3.83. The number of rotatable bonds is 5. The molecule has 0 fully saturated rings. The molecule has 0 saturated heterocycles. The van der Waals surface area contributed by atoms with Crippen LogP contribution in [0.15, 0.2) is 53.4 Å². The van der Waals surface area contributed by atoms with Crippen molar-refractivity contribution in [3.05, 3.63) is 54.1 Å². The van der Waals surface area contributed by atoms with Crippen molar-refractivity contribution < 1.29 is 22.7 Å². The van der Waals surface area contributed by atoms with Crippen molar-refractivity contribution in [1.29, 1.82) is 0 Å². The SMILES string of the molecule is CCS(=O)(=O)c1ccc(C(=O)N(C)CC2COc3ccccc3O2)cc1. The molecular formula is C19H21NO5S. The van der Waals surface area contributed by atoms with Gasteiger partial charge in [-0.05, 0) is 36.4 Å². The molecule has 0 spiro atoms. The number of hydrogen-bond donors (Lipinski definition) is 0. The average Bonchev–Trinajstić information content (AvgIpc) is 2.67. The molecule has 26 heavy (non-hydrogen) atoms. The zero-order chi connectivity index (χ0) is 18.7. The van der Waals surface area contributed by atoms with Crippen LogP contribution in [-0.4, -0.2) is 51.3 Å². The summed E-state index contributed by atoms with van der Waals surface area (Å²) in [6.45, 7) is 2.32. The van der Waals surface area contributed by atoms with E-state index in [1.807, 2.05) is 24.3 Å². The third-order valence-electron chi connectivity index (χ3n) is 4.23. The second kappa shape index (κ2) is 7.37. The Balaban J connectivity index is 1.65. The second-order valence-electron chi connectivity index (χ2n) is 6.11. The van der Waals surface area contributed by atoms with E-state index < -0.39 is 9.84 Å². The van der Waals surface area contributed by atoms with Crippen LogP contribution in [0.2, 0.25) is 0 Å². The molecule has 0 aliphatic carbocycles. The first-order valence-corrected chi connectivity index (χ1v) is 10.0. The van der Waals surface area contributed by atoms with Crippen LogP contribution < -0.4 is 9.47 Å². The van der Waals surface area contributed by atoms with Crippen molar-refractivity contribution in [1.82, 2.24) is 4.90 Å². The molecule has 2 aromatic carbocycles. The lowest BCUT2D eigenvalue weighted by atomic mass is 10.2. The lowest BCUT2D eigenvalue weighted by Gasteiger charge is -2.29. The highest BCUT2D eigenvalue weighted by Crippen LogP contribution is 2.31. The number of carbonyl (C=O) groups excluding carboxylic acids is 1. The summed E-state index contributed by atoms with van der Waals surface area (Å²) in [5.41, 5.74) is 0.430. The lowest BCUT2D eigenvalue weighted by molar-refractivity contribution is 0.0521. The molecule has 1 unspecified atom stereocenters. The van der Waals surface area contributed by atoms with E-state index in [1.165, 1.54) is 24.3 Å². The van der Waals surface area contributed by atoms with Crippen molar-refractivity contribution in [2.45, 2.75) is 17.9 Å². The number of hydrogen-bond acceptors (Lipinski definition) is 5. The molecule has 6 nitrogen and oxygen atoms in total. The summed E-state index contributed by atoms with van der Waals surface area (Å²) in [6, 6.07) is 13.4. The van der Waals surface area contributed by atoms with Gasteiger partial charge in [-0.3, -0.25) is 4.79 Å². The summed E-state index contributed by atoms with van der Waals surface area (Å²) in [5.74, 6) is 1.19. The molecule has 1 atom stereocenters. The number of para-hydroxylation sites is 2. The number of nitrogens with zero attached hydrogens (tertiary/aromatic N) is 1. The highest BCUT2D eigenvalue weighted by atomic mass is 32.2. The molecular weight excluding hydrogens is 354 g/mol. The molecule has 1 amide bonds. The van der Waals surface area contributed by atoms with Gasteiger partial charge in [-0.2, -0.15) is 0 Å². The quantitative estimate of drug-likeness (QED) is 0.802. The second-order valence-corrected chi connectivity index (χ2v) is 8.39. The van der Waals surface area contributed by atoms with Gasteiger partial charge in [0.25, 0.3) is 5.91 Å². The third-order valence-corrected chi connectivity index (χ3v) is 5.98. The maximum Gasteiger partial charge on any atom is 0.253 e. The minimum atomic E-state index is -3.27. The van der Waals surface area contributed by atoms with E-state index in [1.54, 1.807) is 18.9 Å². The Morgan fingerprint density at radius 1 is 1.12 bits per heavy atom. The van der Waals surface area contributed by atoms with Gasteiger partial charge in [-0.25, -0.2) is 8.42 Å². The number of fused-ring (bicyclic) bond motifs is 1. The van der Waals surface area contributed by atoms with Gasteiger partial charge in [0.2, 0.25) is 0 Å². The van der Waals surface area contributed by atoms with Gasteiger partial charge in [0.15, 0.2) is 27.4 Å². The first kappa shape index (κ1) is 18.3. The highest BCUT2D eigenvalue weighted by molar-refractivity contribution is 7.91. The van der Waals surface area contributed by atoms with Gasteiger partial charge >= 0.3 is 0 Å². The van der Waals surface area contributed by atoms with Crippen LogP contribution in [0.25, 0.3) is 0 Å². The highest BCUT2D eigenvalue weighted by Gasteiger charge is 2.24. The standard InChI is InChI=1S/C19H21NO5S/c1-3-26(22,23)16-10-8-14(9-11-16)19(21)20(2)12-15-13-24-17-6-4-5-7-18(17)25-15/h4-11,15H,3,12-13H2,1-2H3. The van der Waals surface area contributed by atoms with E-state index in [-0.39, 0.29) is 22.7 Å². The van der Waals surface area contributed by atoms with Crippen LogP contribution >= 0.6 is 0 Å². The van der Waals surface area contributed by atoms with Crippen LogP contribution in [0.5, 0.6) is 11.5 Å². The average molecular weight is 375 g/mol. The summed E-state index contributed by atoms with van der Waals surface area (Å²) in [4.78, 5) is 14.3. The Morgan fingerprint density at radius 2 is 1.77 bits per heavy atom. The largest absolute Gasteiger partial charge is 0.486 e. The van der Waals surface area contributed by atoms with Gasteiger partial charge in [-0.1, -0.05) is 19.1 Å². The van der Waals surface area contributed by atoms with Gasteiger partial charge in [0.1, 0.15) is 6.61 Å². The topological polar surface area (TPSA) is 72.9 Å². The van der Waals surface area contributed by atoms with Crippen molar-refractivity contribution in [2.75, 3.05) is 26.0 Å². The zero-order valence-corrected chi connectivity index (χ0v) is 15.5. The smallest absolute Gasteiger partial charge is 0.253 e. The predicted molar refractivity (Wildman–Crippen MR) is 97.5 cm³/mol. The van der Waals surface area contributed by atoms with E-state index in [0.29, 0.717) is 30.2 Å². The van der Waals surface area contributed by atoms with Gasteiger partial charge in [-0.15, -0.1) is 0 Å². The van der Waals surface area contributed by atoms with Crippen molar-refractivity contribution in [2.24, 2.45) is 0 Å². The fourth-order valence-electron chi connectivity index (χ4n) is 2.73. The van der Waals surface area contributed by atoms with Crippen molar-refractivity contribution >= 4 is 15.7 Å². The number of benzene rings is 2. The van der Waals surface area contributed by atoms with Crippen LogP contribution in [0, 0.1) is 0 Å². The Hall–Kier alpha value is -2.54. The molecule has 1 heterocycles. The predicted octanol–water partition coefficient (Wildman–Crippen LogP) is 2.39. The Morgan fingerprint density at radius 3 is 2.42 bits per heavy atom. The molecule has 0 bridgehead atoms. The van der Waals surface area contributed by atoms with E-state index in [9.17, 15) is 13.2 Å². The molecule has 3 rings (SSSR count). The minimum Gasteiger partial charge on any atom is -0.486 e. The molecule has 1 aliphatic heterocycles. The molecule has 0 saturated carbocycles. The van der Waals surface area contributed by atoms with Gasteiger partial charge < -0.3 is 14.4 Å². The molecule has 0 radical (unpaired) electrons. The van der Waals surface area contributed by atoms with Crippen LogP contribution in [0.1, 0.15) is 17.3 Å². The normalized spacial score (nSPS) is 16.2. The molecule has 1 aliphatic rings. The summed E-state index contributed by atoms with van der Waals surface area (Å²) in [5, 5.41) is 0. The summed E-state index contributed by atoms with van der Waals surface area (Å²) in [7, 11) is -1.59. The van der Waals surface area contributed by atoms with Crippen molar-refractivity contribution in [3.8, 4) is 11.5 Å². The van der Waals surface area contributed by atoms with Gasteiger partial charge in [0, 0.05) is 12.6 Å². The minimum absolute atomic E-state index is 0.0285. The molecule has 138 valence electrons. The summed E-state index contributed by atoms with van der Waals surface area (Å²) < 4.78 is 35.2. The Bertz CT molecular complexity index is 892.